The summed E-state index contributed by atoms with van der Waals surface area (Å²) in [6, 6.07) is 15.3. The van der Waals surface area contributed by atoms with Crippen LogP contribution in [0, 0.1) is 6.92 Å². The fourth-order valence-corrected chi connectivity index (χ4v) is 3.84. The fourth-order valence-electron chi connectivity index (χ4n) is 3.84. The highest BCUT2D eigenvalue weighted by molar-refractivity contribution is 5.84. The zero-order valence-electron chi connectivity index (χ0n) is 16.7. The Balaban J connectivity index is 1.39. The van der Waals surface area contributed by atoms with Crippen molar-refractivity contribution in [3.05, 3.63) is 81.7 Å². The van der Waals surface area contributed by atoms with Gasteiger partial charge in [-0.1, -0.05) is 42.5 Å². The van der Waals surface area contributed by atoms with Gasteiger partial charge in [-0.15, -0.1) is 0 Å². The summed E-state index contributed by atoms with van der Waals surface area (Å²) < 4.78 is 5.45. The van der Waals surface area contributed by atoms with Crippen LogP contribution in [0.2, 0.25) is 0 Å². The largest absolute Gasteiger partial charge is 0.507 e. The predicted molar refractivity (Wildman–Crippen MR) is 116 cm³/mol. The molecule has 2 aromatic carbocycles. The average Bonchev–Trinajstić information content (AvgIpc) is 2.72. The second-order valence-electron chi connectivity index (χ2n) is 7.58. The number of aromatic hydroxyl groups is 1. The maximum Gasteiger partial charge on any atom is 0.336 e. The predicted octanol–water partition coefficient (Wildman–Crippen LogP) is 3.64. The van der Waals surface area contributed by atoms with E-state index in [-0.39, 0.29) is 11.4 Å². The van der Waals surface area contributed by atoms with Crippen molar-refractivity contribution in [2.24, 2.45) is 0 Å². The molecule has 0 radical (unpaired) electrons. The minimum Gasteiger partial charge on any atom is -0.507 e. The van der Waals surface area contributed by atoms with Crippen molar-refractivity contribution in [1.82, 2.24) is 9.80 Å². The van der Waals surface area contributed by atoms with Crippen LogP contribution < -0.4 is 5.63 Å². The summed E-state index contributed by atoms with van der Waals surface area (Å²) >= 11 is 0. The third kappa shape index (κ3) is 4.58. The van der Waals surface area contributed by atoms with Crippen LogP contribution in [0.4, 0.5) is 0 Å². The van der Waals surface area contributed by atoms with Gasteiger partial charge in [-0.2, -0.15) is 0 Å². The number of rotatable bonds is 5. The number of benzene rings is 2. The summed E-state index contributed by atoms with van der Waals surface area (Å²) in [5.74, 6) is 0.180. The van der Waals surface area contributed by atoms with E-state index in [1.807, 2.05) is 31.2 Å². The number of phenolic OH excluding ortho intramolecular Hbond substituents is 1. The molecule has 0 aliphatic carbocycles. The molecule has 1 aromatic heterocycles. The molecule has 0 atom stereocenters. The summed E-state index contributed by atoms with van der Waals surface area (Å²) in [5.41, 5.74) is 2.91. The highest BCUT2D eigenvalue weighted by Gasteiger charge is 2.20. The van der Waals surface area contributed by atoms with Gasteiger partial charge in [-0.25, -0.2) is 4.79 Å². The molecule has 1 fully saturated rings. The molecule has 0 saturated carbocycles. The van der Waals surface area contributed by atoms with Gasteiger partial charge in [-0.05, 0) is 30.2 Å². The number of nitrogens with zero attached hydrogens (tertiary/aromatic N) is 2. The molecule has 3 aromatic rings. The van der Waals surface area contributed by atoms with Crippen molar-refractivity contribution in [2.45, 2.75) is 13.5 Å². The highest BCUT2D eigenvalue weighted by atomic mass is 16.4. The van der Waals surface area contributed by atoms with E-state index in [9.17, 15) is 9.90 Å². The lowest BCUT2D eigenvalue weighted by Crippen LogP contribution is -2.45. The maximum atomic E-state index is 11.8. The molecule has 4 rings (SSSR count). The first-order valence-corrected chi connectivity index (χ1v) is 10.0. The van der Waals surface area contributed by atoms with E-state index < -0.39 is 0 Å². The van der Waals surface area contributed by atoms with Crippen LogP contribution in [0.5, 0.6) is 5.75 Å². The molecular formula is C24H26N2O3. The van der Waals surface area contributed by atoms with Crippen molar-refractivity contribution in [1.29, 1.82) is 0 Å². The van der Waals surface area contributed by atoms with Gasteiger partial charge in [0.25, 0.3) is 0 Å². The Morgan fingerprint density at radius 2 is 1.76 bits per heavy atom. The number of fused-ring (bicyclic) bond motifs is 1. The van der Waals surface area contributed by atoms with E-state index in [0.29, 0.717) is 17.7 Å². The minimum atomic E-state index is -0.378. The summed E-state index contributed by atoms with van der Waals surface area (Å²) in [6.45, 7) is 7.14. The van der Waals surface area contributed by atoms with Crippen LogP contribution in [0.15, 0.2) is 63.8 Å². The first-order chi connectivity index (χ1) is 14.1. The minimum absolute atomic E-state index is 0.180. The second kappa shape index (κ2) is 8.64. The summed E-state index contributed by atoms with van der Waals surface area (Å²) in [5, 5.41) is 11.3. The Bertz CT molecular complexity index is 1060. The van der Waals surface area contributed by atoms with Crippen molar-refractivity contribution in [3.8, 4) is 5.75 Å². The van der Waals surface area contributed by atoms with E-state index in [1.54, 1.807) is 6.07 Å². The lowest BCUT2D eigenvalue weighted by Gasteiger charge is -2.34. The third-order valence-corrected chi connectivity index (χ3v) is 5.52. The summed E-state index contributed by atoms with van der Waals surface area (Å²) in [4.78, 5) is 16.6. The number of hydrogen-bond acceptors (Lipinski definition) is 5. The SMILES string of the molecule is Cc1cc(=O)oc2c(CN3CCN(C/C=C/c4ccccc4)CC3)c(O)ccc12. The first kappa shape index (κ1) is 19.4. The normalized spacial score (nSPS) is 16.0. The quantitative estimate of drug-likeness (QED) is 0.674. The van der Waals surface area contributed by atoms with Gasteiger partial charge < -0.3 is 9.52 Å². The van der Waals surface area contributed by atoms with Crippen molar-refractivity contribution >= 4 is 17.0 Å². The molecule has 1 aliphatic rings. The molecule has 2 heterocycles. The fraction of sp³-hybridized carbons (Fsp3) is 0.292. The van der Waals surface area contributed by atoms with E-state index in [4.69, 9.17) is 4.42 Å². The van der Waals surface area contributed by atoms with Crippen LogP contribution in [0.1, 0.15) is 16.7 Å². The van der Waals surface area contributed by atoms with Gasteiger partial charge in [0.15, 0.2) is 0 Å². The molecule has 1 saturated heterocycles. The van der Waals surface area contributed by atoms with Gasteiger partial charge in [-0.3, -0.25) is 9.80 Å². The lowest BCUT2D eigenvalue weighted by atomic mass is 10.1. The smallest absolute Gasteiger partial charge is 0.336 e. The van der Waals surface area contributed by atoms with Gasteiger partial charge >= 0.3 is 5.63 Å². The molecule has 1 aliphatic heterocycles. The third-order valence-electron chi connectivity index (χ3n) is 5.52. The monoisotopic (exact) mass is 390 g/mol. The summed E-state index contributed by atoms with van der Waals surface area (Å²) in [6.07, 6.45) is 4.36. The second-order valence-corrected chi connectivity index (χ2v) is 7.58. The van der Waals surface area contributed by atoms with Gasteiger partial charge in [0.2, 0.25) is 0 Å². The van der Waals surface area contributed by atoms with Gasteiger partial charge in [0.05, 0.1) is 5.56 Å². The lowest BCUT2D eigenvalue weighted by molar-refractivity contribution is 0.136. The van der Waals surface area contributed by atoms with Gasteiger partial charge in [0.1, 0.15) is 11.3 Å². The van der Waals surface area contributed by atoms with Crippen molar-refractivity contribution < 1.29 is 9.52 Å². The van der Waals surface area contributed by atoms with Crippen molar-refractivity contribution in [3.63, 3.8) is 0 Å². The average molecular weight is 390 g/mol. The number of piperazine rings is 1. The number of aryl methyl sites for hydroxylation is 1. The molecule has 150 valence electrons. The maximum absolute atomic E-state index is 11.8. The molecule has 5 heteroatoms. The van der Waals surface area contributed by atoms with Crippen LogP contribution in [0.3, 0.4) is 0 Å². The number of hydrogen-bond donors (Lipinski definition) is 1. The Morgan fingerprint density at radius 1 is 1.03 bits per heavy atom. The highest BCUT2D eigenvalue weighted by Crippen LogP contribution is 2.29. The zero-order valence-corrected chi connectivity index (χ0v) is 16.7. The van der Waals surface area contributed by atoms with Crippen LogP contribution >= 0.6 is 0 Å². The molecule has 1 N–H and O–H groups in total. The van der Waals surface area contributed by atoms with E-state index in [2.05, 4.69) is 34.1 Å². The standard InChI is InChI=1S/C24H26N2O3/c1-18-16-23(28)29-24-20(18)9-10-22(27)21(24)17-26-14-12-25(13-15-26)11-5-8-19-6-3-2-4-7-19/h2-10,16,27H,11-15,17H2,1H3/b8-5+. The molecule has 0 spiro atoms. The Morgan fingerprint density at radius 3 is 2.52 bits per heavy atom. The Hall–Kier alpha value is -2.89. The van der Waals surface area contributed by atoms with Crippen molar-refractivity contribution in [2.75, 3.05) is 32.7 Å². The molecule has 0 bridgehead atoms. The number of phenols is 1. The summed E-state index contributed by atoms with van der Waals surface area (Å²) in [7, 11) is 0. The van der Waals surface area contributed by atoms with E-state index in [1.165, 1.54) is 11.6 Å². The van der Waals surface area contributed by atoms with Crippen LogP contribution in [0.25, 0.3) is 17.0 Å². The van der Waals surface area contributed by atoms with E-state index in [0.717, 1.165) is 43.7 Å². The Labute approximate surface area is 170 Å². The Kier molecular flexibility index (Phi) is 5.79. The molecule has 0 amide bonds. The van der Waals surface area contributed by atoms with Crippen LogP contribution in [-0.4, -0.2) is 47.6 Å². The van der Waals surface area contributed by atoms with Crippen LogP contribution in [-0.2, 0) is 6.54 Å². The molecule has 5 nitrogen and oxygen atoms in total. The topological polar surface area (TPSA) is 56.9 Å². The molecule has 0 unspecified atom stereocenters. The zero-order chi connectivity index (χ0) is 20.2. The van der Waals surface area contributed by atoms with Gasteiger partial charge in [0, 0.05) is 50.7 Å². The molecule has 29 heavy (non-hydrogen) atoms. The molecular weight excluding hydrogens is 364 g/mol. The first-order valence-electron chi connectivity index (χ1n) is 10.0. The van der Waals surface area contributed by atoms with E-state index >= 15 is 0 Å².